The van der Waals surface area contributed by atoms with Crippen LogP contribution in [0.25, 0.3) is 0 Å². The third kappa shape index (κ3) is 5.53. The fraction of sp³-hybridized carbons (Fsp3) is 0.545. The maximum atomic E-state index is 11.4. The molecule has 0 unspecified atom stereocenters. The first-order chi connectivity index (χ1) is 8.11. The van der Waals surface area contributed by atoms with Gasteiger partial charge in [0, 0.05) is 29.9 Å². The summed E-state index contributed by atoms with van der Waals surface area (Å²) >= 11 is 1.13. The van der Waals surface area contributed by atoms with Gasteiger partial charge in [-0.2, -0.15) is 0 Å². The van der Waals surface area contributed by atoms with Crippen molar-refractivity contribution in [3.8, 4) is 0 Å². The summed E-state index contributed by atoms with van der Waals surface area (Å²) in [6.07, 6.45) is 2.05. The van der Waals surface area contributed by atoms with Crippen LogP contribution in [0.5, 0.6) is 0 Å². The molecule has 1 heterocycles. The highest BCUT2D eigenvalue weighted by molar-refractivity contribution is 7.97. The van der Waals surface area contributed by atoms with Crippen LogP contribution >= 0.6 is 11.9 Å². The molecule has 6 heteroatoms. The van der Waals surface area contributed by atoms with Gasteiger partial charge in [0.05, 0.1) is 0 Å². The molecule has 1 aromatic rings. The van der Waals surface area contributed by atoms with Crippen LogP contribution in [0.3, 0.4) is 0 Å². The van der Waals surface area contributed by atoms with E-state index in [1.165, 1.54) is 0 Å². The number of amides is 2. The van der Waals surface area contributed by atoms with E-state index in [-0.39, 0.29) is 6.03 Å². The standard InChI is InChI=1S/C11H18N4OS/c1-4-5-6-12-10(16)15-17-11-13-8(2)7-9(3)14-11/h7H,4-6H2,1-3H3,(H2,12,15,16). The number of carbonyl (C=O) groups excluding carboxylic acids is 1. The molecule has 0 radical (unpaired) electrons. The lowest BCUT2D eigenvalue weighted by molar-refractivity contribution is 0.246. The molecule has 0 spiro atoms. The molecule has 0 bridgehead atoms. The summed E-state index contributed by atoms with van der Waals surface area (Å²) in [4.78, 5) is 19.8. The van der Waals surface area contributed by atoms with Crippen LogP contribution in [-0.4, -0.2) is 22.5 Å². The van der Waals surface area contributed by atoms with Crippen LogP contribution in [0.1, 0.15) is 31.2 Å². The van der Waals surface area contributed by atoms with Crippen LogP contribution in [0, 0.1) is 13.8 Å². The minimum atomic E-state index is -0.203. The Morgan fingerprint density at radius 1 is 1.35 bits per heavy atom. The first kappa shape index (κ1) is 13.8. The van der Waals surface area contributed by atoms with Crippen molar-refractivity contribution in [3.63, 3.8) is 0 Å². The fourth-order valence-electron chi connectivity index (χ4n) is 1.25. The Hall–Kier alpha value is -1.30. The minimum absolute atomic E-state index is 0.203. The molecule has 2 amide bonds. The smallest absolute Gasteiger partial charge is 0.325 e. The molecule has 1 aromatic heterocycles. The summed E-state index contributed by atoms with van der Waals surface area (Å²) in [6, 6.07) is 1.69. The second-order valence-electron chi connectivity index (χ2n) is 3.75. The molecule has 5 nitrogen and oxygen atoms in total. The minimum Gasteiger partial charge on any atom is -0.337 e. The van der Waals surface area contributed by atoms with Crippen LogP contribution in [0.15, 0.2) is 11.2 Å². The molecule has 0 aromatic carbocycles. The Balaban J connectivity index is 2.36. The third-order valence-corrected chi connectivity index (χ3v) is 2.67. The third-order valence-electron chi connectivity index (χ3n) is 2.01. The van der Waals surface area contributed by atoms with Crippen molar-refractivity contribution in [2.24, 2.45) is 0 Å². The summed E-state index contributed by atoms with van der Waals surface area (Å²) in [5.41, 5.74) is 1.79. The summed E-state index contributed by atoms with van der Waals surface area (Å²) in [6.45, 7) is 6.58. The Labute approximate surface area is 106 Å². The first-order valence-corrected chi connectivity index (χ1v) is 6.46. The number of aryl methyl sites for hydroxylation is 2. The van der Waals surface area contributed by atoms with E-state index in [0.29, 0.717) is 11.7 Å². The summed E-state index contributed by atoms with van der Waals surface area (Å²) < 4.78 is 2.65. The van der Waals surface area contributed by atoms with Crippen LogP contribution in [0.2, 0.25) is 0 Å². The highest BCUT2D eigenvalue weighted by Crippen LogP contribution is 2.09. The molecule has 0 aliphatic heterocycles. The highest BCUT2D eigenvalue weighted by atomic mass is 32.2. The van der Waals surface area contributed by atoms with Gasteiger partial charge >= 0.3 is 6.03 Å². The number of carbonyl (C=O) groups is 1. The zero-order chi connectivity index (χ0) is 12.7. The SMILES string of the molecule is CCCCNC(=O)NSc1nc(C)cc(C)n1. The van der Waals surface area contributed by atoms with Crippen LogP contribution < -0.4 is 10.0 Å². The van der Waals surface area contributed by atoms with E-state index in [4.69, 9.17) is 0 Å². The maximum Gasteiger partial charge on any atom is 0.325 e. The van der Waals surface area contributed by atoms with E-state index in [1.807, 2.05) is 19.9 Å². The first-order valence-electron chi connectivity index (χ1n) is 5.64. The number of unbranched alkanes of at least 4 members (excludes halogenated alkanes) is 1. The number of nitrogens with zero attached hydrogens (tertiary/aromatic N) is 2. The molecule has 94 valence electrons. The number of urea groups is 1. The van der Waals surface area contributed by atoms with Crippen molar-refractivity contribution < 1.29 is 4.79 Å². The zero-order valence-corrected chi connectivity index (χ0v) is 11.2. The van der Waals surface area contributed by atoms with Gasteiger partial charge in [-0.3, -0.25) is 4.72 Å². The van der Waals surface area contributed by atoms with Gasteiger partial charge in [0.15, 0.2) is 0 Å². The predicted molar refractivity (Wildman–Crippen MR) is 68.8 cm³/mol. The molecule has 0 fully saturated rings. The molecule has 17 heavy (non-hydrogen) atoms. The average Bonchev–Trinajstić information content (AvgIpc) is 2.25. The highest BCUT2D eigenvalue weighted by Gasteiger charge is 2.03. The van der Waals surface area contributed by atoms with E-state index in [9.17, 15) is 4.79 Å². The topological polar surface area (TPSA) is 66.9 Å². The molecule has 2 N–H and O–H groups in total. The number of rotatable bonds is 5. The summed E-state index contributed by atoms with van der Waals surface area (Å²) in [5.74, 6) is 0. The van der Waals surface area contributed by atoms with Crippen molar-refractivity contribution in [2.45, 2.75) is 38.8 Å². The van der Waals surface area contributed by atoms with Crippen molar-refractivity contribution in [1.82, 2.24) is 20.0 Å². The largest absolute Gasteiger partial charge is 0.337 e. The monoisotopic (exact) mass is 254 g/mol. The van der Waals surface area contributed by atoms with Gasteiger partial charge in [-0.15, -0.1) is 0 Å². The molecular weight excluding hydrogens is 236 g/mol. The fourth-order valence-corrected chi connectivity index (χ4v) is 1.88. The second-order valence-corrected chi connectivity index (χ2v) is 4.52. The van der Waals surface area contributed by atoms with E-state index in [0.717, 1.165) is 36.2 Å². The second kappa shape index (κ2) is 7.11. The molecule has 0 saturated carbocycles. The lowest BCUT2D eigenvalue weighted by Crippen LogP contribution is -2.32. The summed E-state index contributed by atoms with van der Waals surface area (Å²) in [7, 11) is 0. The molecule has 1 rings (SSSR count). The molecule has 0 saturated heterocycles. The van der Waals surface area contributed by atoms with Gasteiger partial charge in [-0.25, -0.2) is 14.8 Å². The quantitative estimate of drug-likeness (QED) is 0.480. The molecular formula is C11H18N4OS. The molecule has 0 atom stereocenters. The van der Waals surface area contributed by atoms with Gasteiger partial charge in [-0.1, -0.05) is 13.3 Å². The number of hydrogen-bond donors (Lipinski definition) is 2. The lowest BCUT2D eigenvalue weighted by atomic mass is 10.3. The van der Waals surface area contributed by atoms with E-state index < -0.39 is 0 Å². The van der Waals surface area contributed by atoms with Crippen LogP contribution in [0.4, 0.5) is 4.79 Å². The van der Waals surface area contributed by atoms with Crippen molar-refractivity contribution in [1.29, 1.82) is 0 Å². The van der Waals surface area contributed by atoms with Gasteiger partial charge < -0.3 is 5.32 Å². The normalized spacial score (nSPS) is 10.1. The Morgan fingerprint density at radius 3 is 2.59 bits per heavy atom. The van der Waals surface area contributed by atoms with Gasteiger partial charge in [0.1, 0.15) is 0 Å². The Kier molecular flexibility index (Phi) is 5.76. The van der Waals surface area contributed by atoms with Crippen molar-refractivity contribution in [3.05, 3.63) is 17.5 Å². The summed E-state index contributed by atoms with van der Waals surface area (Å²) in [5, 5.41) is 3.32. The van der Waals surface area contributed by atoms with Gasteiger partial charge in [0.2, 0.25) is 5.16 Å². The molecule has 0 aliphatic rings. The van der Waals surface area contributed by atoms with E-state index in [1.54, 1.807) is 0 Å². The lowest BCUT2D eigenvalue weighted by Gasteiger charge is -2.06. The molecule has 0 aliphatic carbocycles. The van der Waals surface area contributed by atoms with Crippen molar-refractivity contribution in [2.75, 3.05) is 6.54 Å². The number of nitrogens with one attached hydrogen (secondary N) is 2. The van der Waals surface area contributed by atoms with Gasteiger partial charge in [-0.05, 0) is 26.3 Å². The van der Waals surface area contributed by atoms with Crippen molar-refractivity contribution >= 4 is 18.0 Å². The maximum absolute atomic E-state index is 11.4. The van der Waals surface area contributed by atoms with Crippen LogP contribution in [-0.2, 0) is 0 Å². The number of aromatic nitrogens is 2. The number of hydrogen-bond acceptors (Lipinski definition) is 4. The Bertz CT molecular complexity index is 363. The average molecular weight is 254 g/mol. The Morgan fingerprint density at radius 2 is 2.00 bits per heavy atom. The van der Waals surface area contributed by atoms with E-state index in [2.05, 4.69) is 26.9 Å². The zero-order valence-electron chi connectivity index (χ0n) is 10.4. The predicted octanol–water partition coefficient (Wildman–Crippen LogP) is 2.20. The van der Waals surface area contributed by atoms with E-state index >= 15 is 0 Å². The van der Waals surface area contributed by atoms with Gasteiger partial charge in [0.25, 0.3) is 0 Å².